The lowest BCUT2D eigenvalue weighted by Gasteiger charge is -2.32. The zero-order valence-electron chi connectivity index (χ0n) is 21.8. The van der Waals surface area contributed by atoms with Crippen molar-refractivity contribution >= 4 is 11.7 Å². The van der Waals surface area contributed by atoms with Crippen molar-refractivity contribution in [2.45, 2.75) is 45.8 Å². The highest BCUT2D eigenvalue weighted by molar-refractivity contribution is 5.99. The van der Waals surface area contributed by atoms with Crippen LogP contribution in [0.2, 0.25) is 0 Å². The first-order valence-electron chi connectivity index (χ1n) is 12.9. The van der Waals surface area contributed by atoms with Crippen molar-refractivity contribution in [3.63, 3.8) is 0 Å². The Morgan fingerprint density at radius 3 is 2.61 bits per heavy atom. The van der Waals surface area contributed by atoms with Gasteiger partial charge in [-0.1, -0.05) is 48.5 Å². The molecule has 1 aliphatic carbocycles. The second kappa shape index (κ2) is 9.82. The zero-order valence-corrected chi connectivity index (χ0v) is 21.8. The van der Waals surface area contributed by atoms with Crippen molar-refractivity contribution in [3.05, 3.63) is 100 Å². The molecule has 0 amide bonds. The molecule has 0 spiro atoms. The van der Waals surface area contributed by atoms with E-state index in [0.717, 1.165) is 40.8 Å². The predicted octanol–water partition coefficient (Wildman–Crippen LogP) is 6.17. The molecular weight excluding hydrogens is 476 g/mol. The number of carbonyl (C=O) groups excluding carboxylic acids is 1. The Balaban J connectivity index is 1.40. The smallest absolute Gasteiger partial charge is 0.226 e. The van der Waals surface area contributed by atoms with Gasteiger partial charge in [0.1, 0.15) is 12.6 Å². The zero-order chi connectivity index (χ0) is 26.2. The number of fused-ring (bicyclic) bond motifs is 1. The standard InChI is InChI=1S/C31H30N4O3/c1-19-12-13-23(16-20(19)2)30-33-31-32-24-10-7-11-25(36)28(24)29(35(31)34-30)22-14-15-26(27(17-22)37-3)38-18-21-8-5-4-6-9-21/h4-6,8-9,12-17,29H,7,10-11,18H2,1-3H3,(H,32,33,34). The number of carbonyl (C=O) groups is 1. The Hall–Kier alpha value is -4.39. The lowest BCUT2D eigenvalue weighted by molar-refractivity contribution is -0.116. The summed E-state index contributed by atoms with van der Waals surface area (Å²) in [5.41, 5.74) is 7.01. The van der Waals surface area contributed by atoms with Gasteiger partial charge in [0.05, 0.1) is 7.11 Å². The number of anilines is 1. The third kappa shape index (κ3) is 4.34. The number of nitrogens with zero attached hydrogens (tertiary/aromatic N) is 3. The number of hydrogen-bond acceptors (Lipinski definition) is 6. The summed E-state index contributed by atoms with van der Waals surface area (Å²) < 4.78 is 13.7. The lowest BCUT2D eigenvalue weighted by Crippen LogP contribution is -2.31. The number of aromatic nitrogens is 3. The summed E-state index contributed by atoms with van der Waals surface area (Å²) in [5.74, 6) is 2.66. The molecule has 2 aliphatic rings. The van der Waals surface area contributed by atoms with Gasteiger partial charge in [-0.15, -0.1) is 5.10 Å². The van der Waals surface area contributed by atoms with E-state index in [1.807, 2.05) is 59.3 Å². The second-order valence-electron chi connectivity index (χ2n) is 9.88. The first kappa shape index (κ1) is 24.0. The fourth-order valence-electron chi connectivity index (χ4n) is 5.18. The number of rotatable bonds is 6. The highest BCUT2D eigenvalue weighted by Gasteiger charge is 2.37. The second-order valence-corrected chi connectivity index (χ2v) is 9.88. The van der Waals surface area contributed by atoms with Gasteiger partial charge in [-0.25, -0.2) is 4.68 Å². The molecule has 2 heterocycles. The third-order valence-electron chi connectivity index (χ3n) is 7.37. The van der Waals surface area contributed by atoms with Crippen LogP contribution in [0.4, 0.5) is 5.95 Å². The van der Waals surface area contributed by atoms with Crippen molar-refractivity contribution < 1.29 is 14.3 Å². The van der Waals surface area contributed by atoms with Crippen LogP contribution in [-0.2, 0) is 11.4 Å². The van der Waals surface area contributed by atoms with Gasteiger partial charge in [-0.3, -0.25) is 4.79 Å². The number of ketones is 1. The van der Waals surface area contributed by atoms with Crippen molar-refractivity contribution in [1.82, 2.24) is 14.8 Å². The molecule has 1 aromatic heterocycles. The van der Waals surface area contributed by atoms with E-state index < -0.39 is 6.04 Å². The largest absolute Gasteiger partial charge is 0.493 e. The summed E-state index contributed by atoms with van der Waals surface area (Å²) >= 11 is 0. The predicted molar refractivity (Wildman–Crippen MR) is 146 cm³/mol. The quantitative estimate of drug-likeness (QED) is 0.337. The van der Waals surface area contributed by atoms with Gasteiger partial charge >= 0.3 is 0 Å². The number of nitrogens with one attached hydrogen (secondary N) is 1. The van der Waals surface area contributed by atoms with Crippen molar-refractivity contribution in [2.75, 3.05) is 12.4 Å². The molecule has 0 saturated carbocycles. The Kier molecular flexibility index (Phi) is 6.19. The summed E-state index contributed by atoms with van der Waals surface area (Å²) in [4.78, 5) is 18.1. The first-order chi connectivity index (χ1) is 18.5. The highest BCUT2D eigenvalue weighted by atomic mass is 16.5. The van der Waals surface area contributed by atoms with Crippen molar-refractivity contribution in [1.29, 1.82) is 0 Å². The van der Waals surface area contributed by atoms with E-state index in [1.165, 1.54) is 11.1 Å². The number of hydrogen-bond donors (Lipinski definition) is 1. The number of ether oxygens (including phenoxy) is 2. The SMILES string of the molecule is COc1cc(C2C3=C(CCCC3=O)Nc3nc(-c4ccc(C)c(C)c4)nn32)ccc1OCc1ccccc1. The number of allylic oxidation sites excluding steroid dienone is 2. The van der Waals surface area contributed by atoms with E-state index in [0.29, 0.717) is 36.3 Å². The molecule has 0 saturated heterocycles. The number of Topliss-reactive ketones (excluding diaryl/α,β-unsaturated/α-hetero) is 1. The molecule has 1 unspecified atom stereocenters. The van der Waals surface area contributed by atoms with Gasteiger partial charge < -0.3 is 14.8 Å². The molecule has 3 aromatic carbocycles. The minimum atomic E-state index is -0.404. The molecule has 1 N–H and O–H groups in total. The molecule has 0 radical (unpaired) electrons. The van der Waals surface area contributed by atoms with E-state index in [9.17, 15) is 4.79 Å². The van der Waals surface area contributed by atoms with Crippen LogP contribution < -0.4 is 14.8 Å². The van der Waals surface area contributed by atoms with Gasteiger partial charge in [-0.05, 0) is 67.1 Å². The summed E-state index contributed by atoms with van der Waals surface area (Å²) in [7, 11) is 1.63. The van der Waals surface area contributed by atoms with Crippen LogP contribution in [0.3, 0.4) is 0 Å². The average molecular weight is 507 g/mol. The van der Waals surface area contributed by atoms with Crippen LogP contribution in [-0.4, -0.2) is 27.7 Å². The maximum Gasteiger partial charge on any atom is 0.226 e. The Morgan fingerprint density at radius 1 is 0.974 bits per heavy atom. The molecule has 7 nitrogen and oxygen atoms in total. The van der Waals surface area contributed by atoms with E-state index in [2.05, 4.69) is 31.3 Å². The van der Waals surface area contributed by atoms with Gasteiger partial charge in [-0.2, -0.15) is 4.98 Å². The lowest BCUT2D eigenvalue weighted by atomic mass is 9.85. The molecule has 1 atom stereocenters. The van der Waals surface area contributed by atoms with E-state index in [4.69, 9.17) is 19.6 Å². The van der Waals surface area contributed by atoms with E-state index in [1.54, 1.807) is 7.11 Å². The molecule has 192 valence electrons. The summed E-state index contributed by atoms with van der Waals surface area (Å²) in [6.45, 7) is 4.61. The topological polar surface area (TPSA) is 78.3 Å². The van der Waals surface area contributed by atoms with Crippen molar-refractivity contribution in [2.24, 2.45) is 0 Å². The summed E-state index contributed by atoms with van der Waals surface area (Å²) in [6.07, 6.45) is 2.16. The monoisotopic (exact) mass is 506 g/mol. The number of methoxy groups -OCH3 is 1. The highest BCUT2D eigenvalue weighted by Crippen LogP contribution is 2.42. The maximum atomic E-state index is 13.2. The Bertz CT molecular complexity index is 1550. The van der Waals surface area contributed by atoms with Crippen LogP contribution in [0.5, 0.6) is 11.5 Å². The molecule has 38 heavy (non-hydrogen) atoms. The molecule has 7 heteroatoms. The number of benzene rings is 3. The third-order valence-corrected chi connectivity index (χ3v) is 7.37. The minimum Gasteiger partial charge on any atom is -0.493 e. The Morgan fingerprint density at radius 2 is 1.82 bits per heavy atom. The van der Waals surface area contributed by atoms with Crippen LogP contribution in [0.25, 0.3) is 11.4 Å². The van der Waals surface area contributed by atoms with Crippen molar-refractivity contribution in [3.8, 4) is 22.9 Å². The summed E-state index contributed by atoms with van der Waals surface area (Å²) in [5, 5.41) is 8.33. The fourth-order valence-corrected chi connectivity index (χ4v) is 5.18. The summed E-state index contributed by atoms with van der Waals surface area (Å²) in [6, 6.07) is 21.7. The fraction of sp³-hybridized carbons (Fsp3) is 0.258. The van der Waals surface area contributed by atoms with Crippen LogP contribution >= 0.6 is 0 Å². The van der Waals surface area contributed by atoms with Gasteiger partial charge in [0, 0.05) is 23.3 Å². The van der Waals surface area contributed by atoms with Crippen LogP contribution in [0.1, 0.15) is 47.6 Å². The number of aryl methyl sites for hydroxylation is 2. The molecule has 4 aromatic rings. The molecule has 0 bridgehead atoms. The van der Waals surface area contributed by atoms with E-state index >= 15 is 0 Å². The van der Waals surface area contributed by atoms with Gasteiger partial charge in [0.2, 0.25) is 5.95 Å². The molecule has 1 aliphatic heterocycles. The molecule has 6 rings (SSSR count). The first-order valence-corrected chi connectivity index (χ1v) is 12.9. The molecule has 0 fully saturated rings. The van der Waals surface area contributed by atoms with E-state index in [-0.39, 0.29) is 5.78 Å². The Labute approximate surface area is 222 Å². The molecular formula is C31H30N4O3. The van der Waals surface area contributed by atoms with Crippen LogP contribution in [0, 0.1) is 13.8 Å². The minimum absolute atomic E-state index is 0.140. The normalized spacial score (nSPS) is 16.5. The average Bonchev–Trinajstić information content (AvgIpc) is 3.36. The maximum absolute atomic E-state index is 13.2. The van der Waals surface area contributed by atoms with Gasteiger partial charge in [0.15, 0.2) is 23.1 Å². The van der Waals surface area contributed by atoms with Gasteiger partial charge in [0.25, 0.3) is 0 Å². The van der Waals surface area contributed by atoms with Crippen LogP contribution in [0.15, 0.2) is 78.0 Å².